The van der Waals surface area contributed by atoms with Gasteiger partial charge in [-0.1, -0.05) is 86.4 Å². The number of anilines is 1. The van der Waals surface area contributed by atoms with Gasteiger partial charge in [0.2, 0.25) is 11.8 Å². The van der Waals surface area contributed by atoms with E-state index in [2.05, 4.69) is 51.1 Å². The van der Waals surface area contributed by atoms with Crippen molar-refractivity contribution in [1.29, 1.82) is 0 Å². The van der Waals surface area contributed by atoms with Crippen LogP contribution in [0.1, 0.15) is 60.4 Å². The summed E-state index contributed by atoms with van der Waals surface area (Å²) < 4.78 is 0. The van der Waals surface area contributed by atoms with Crippen molar-refractivity contribution in [3.05, 3.63) is 98.5 Å². The molecule has 0 aromatic heterocycles. The summed E-state index contributed by atoms with van der Waals surface area (Å²) in [6.07, 6.45) is 0. The Morgan fingerprint density at radius 1 is 0.697 bits per heavy atom. The van der Waals surface area contributed by atoms with Gasteiger partial charge in [-0.3, -0.25) is 9.59 Å². The SMILES string of the molecule is CC(C)(C)c1ccc2c(c1)[C@H]1c3ccccc3[C@H]2[C@@H]2C(=O)N(c3ccc(Cl)c(Cl)c3)C(=O)[C@H]12. The van der Waals surface area contributed by atoms with Crippen LogP contribution in [0, 0.1) is 11.8 Å². The Bertz CT molecular complexity index is 1360. The average molecular weight is 476 g/mol. The summed E-state index contributed by atoms with van der Waals surface area (Å²) in [5.41, 5.74) is 6.40. The maximum absolute atomic E-state index is 13.9. The molecule has 0 unspecified atom stereocenters. The first-order valence-electron chi connectivity index (χ1n) is 11.2. The number of amides is 2. The van der Waals surface area contributed by atoms with Crippen LogP contribution in [0.4, 0.5) is 5.69 Å². The molecule has 3 aromatic carbocycles. The highest BCUT2D eigenvalue weighted by molar-refractivity contribution is 6.42. The number of carbonyl (C=O) groups excluding carboxylic acids is 2. The van der Waals surface area contributed by atoms with Crippen LogP contribution in [-0.2, 0) is 15.0 Å². The monoisotopic (exact) mass is 475 g/mol. The van der Waals surface area contributed by atoms with Crippen LogP contribution in [0.5, 0.6) is 0 Å². The van der Waals surface area contributed by atoms with Gasteiger partial charge in [-0.25, -0.2) is 4.90 Å². The van der Waals surface area contributed by atoms with E-state index in [4.69, 9.17) is 23.2 Å². The molecule has 1 fully saturated rings. The molecule has 0 N–H and O–H groups in total. The van der Waals surface area contributed by atoms with E-state index in [9.17, 15) is 9.59 Å². The van der Waals surface area contributed by atoms with Crippen LogP contribution < -0.4 is 4.90 Å². The van der Waals surface area contributed by atoms with Crippen LogP contribution >= 0.6 is 23.2 Å². The van der Waals surface area contributed by atoms with Crippen LogP contribution in [0.3, 0.4) is 0 Å². The van der Waals surface area contributed by atoms with E-state index in [0.717, 1.165) is 5.56 Å². The number of halogens is 2. The van der Waals surface area contributed by atoms with Gasteiger partial charge in [-0.15, -0.1) is 0 Å². The minimum atomic E-state index is -0.422. The third-order valence-corrected chi connectivity index (χ3v) is 8.31. The fourth-order valence-electron chi connectivity index (χ4n) is 6.07. The summed E-state index contributed by atoms with van der Waals surface area (Å²) in [6.45, 7) is 6.59. The number of nitrogens with zero attached hydrogens (tertiary/aromatic N) is 1. The maximum Gasteiger partial charge on any atom is 0.238 e. The van der Waals surface area contributed by atoms with Crippen molar-refractivity contribution >= 4 is 40.7 Å². The lowest BCUT2D eigenvalue weighted by Gasteiger charge is -2.46. The first kappa shape index (κ1) is 20.9. The summed E-state index contributed by atoms with van der Waals surface area (Å²) in [7, 11) is 0. The second-order valence-electron chi connectivity index (χ2n) is 10.3. The molecule has 166 valence electrons. The molecule has 3 nitrogen and oxygen atoms in total. The lowest BCUT2D eigenvalue weighted by Crippen LogP contribution is -2.41. The van der Waals surface area contributed by atoms with Gasteiger partial charge in [-0.2, -0.15) is 0 Å². The predicted octanol–water partition coefficient (Wildman–Crippen LogP) is 6.69. The van der Waals surface area contributed by atoms with Crippen molar-refractivity contribution in [1.82, 2.24) is 0 Å². The lowest BCUT2D eigenvalue weighted by atomic mass is 9.54. The summed E-state index contributed by atoms with van der Waals surface area (Å²) in [5, 5.41) is 0.723. The van der Waals surface area contributed by atoms with Crippen molar-refractivity contribution in [3.63, 3.8) is 0 Å². The molecule has 33 heavy (non-hydrogen) atoms. The minimum absolute atomic E-state index is 0.00770. The molecule has 4 atom stereocenters. The topological polar surface area (TPSA) is 37.4 Å². The molecule has 7 rings (SSSR count). The Morgan fingerprint density at radius 3 is 1.85 bits per heavy atom. The largest absolute Gasteiger partial charge is 0.274 e. The van der Waals surface area contributed by atoms with Crippen LogP contribution in [-0.4, -0.2) is 11.8 Å². The van der Waals surface area contributed by atoms with Crippen molar-refractivity contribution < 1.29 is 9.59 Å². The zero-order valence-electron chi connectivity index (χ0n) is 18.6. The van der Waals surface area contributed by atoms with E-state index < -0.39 is 11.8 Å². The molecular formula is C28H23Cl2NO2. The smallest absolute Gasteiger partial charge is 0.238 e. The van der Waals surface area contributed by atoms with Crippen LogP contribution in [0.2, 0.25) is 10.0 Å². The van der Waals surface area contributed by atoms with E-state index in [0.29, 0.717) is 15.7 Å². The highest BCUT2D eigenvalue weighted by Crippen LogP contribution is 2.61. The van der Waals surface area contributed by atoms with Gasteiger partial charge in [0.05, 0.1) is 27.6 Å². The van der Waals surface area contributed by atoms with Gasteiger partial charge in [0.1, 0.15) is 0 Å². The number of hydrogen-bond acceptors (Lipinski definition) is 2. The molecule has 1 heterocycles. The molecule has 5 heteroatoms. The van der Waals surface area contributed by atoms with E-state index in [1.807, 2.05) is 12.1 Å². The first-order valence-corrected chi connectivity index (χ1v) is 12.0. The molecule has 0 saturated carbocycles. The highest BCUT2D eigenvalue weighted by Gasteiger charge is 2.61. The third kappa shape index (κ3) is 2.82. The zero-order chi connectivity index (χ0) is 23.2. The van der Waals surface area contributed by atoms with Crippen molar-refractivity contribution in [2.75, 3.05) is 4.90 Å². The van der Waals surface area contributed by atoms with Gasteiger partial charge < -0.3 is 0 Å². The molecule has 1 saturated heterocycles. The quantitative estimate of drug-likeness (QED) is 0.367. The van der Waals surface area contributed by atoms with E-state index >= 15 is 0 Å². The van der Waals surface area contributed by atoms with Gasteiger partial charge in [0.25, 0.3) is 0 Å². The number of rotatable bonds is 1. The Labute approximate surface area is 203 Å². The molecule has 0 radical (unpaired) electrons. The maximum atomic E-state index is 13.9. The lowest BCUT2D eigenvalue weighted by molar-refractivity contribution is -0.122. The highest BCUT2D eigenvalue weighted by atomic mass is 35.5. The standard InChI is InChI=1S/C28H23Cl2NO2/c1-28(2,3)14-8-10-18-19(12-14)23-17-7-5-4-6-16(17)22(18)24-25(23)27(33)31(26(24)32)15-9-11-20(29)21(30)13-15/h4-13,22-25H,1-3H3/t22-,23-,24+,25-/m1/s1. The molecule has 4 aliphatic rings. The number of imide groups is 1. The Kier molecular flexibility index (Phi) is 4.41. The van der Waals surface area contributed by atoms with Gasteiger partial charge in [0.15, 0.2) is 0 Å². The average Bonchev–Trinajstić information content (AvgIpc) is 3.05. The summed E-state index contributed by atoms with van der Waals surface area (Å²) in [4.78, 5) is 29.0. The summed E-state index contributed by atoms with van der Waals surface area (Å²) in [5.74, 6) is -1.42. The van der Waals surface area contributed by atoms with E-state index in [1.165, 1.54) is 27.2 Å². The molecule has 2 bridgehead atoms. The number of carbonyl (C=O) groups is 2. The fourth-order valence-corrected chi connectivity index (χ4v) is 6.36. The van der Waals surface area contributed by atoms with Gasteiger partial charge in [-0.05, 0) is 51.4 Å². The number of hydrogen-bond donors (Lipinski definition) is 0. The second-order valence-corrected chi connectivity index (χ2v) is 11.2. The Balaban J connectivity index is 1.55. The minimum Gasteiger partial charge on any atom is -0.274 e. The molecular weight excluding hydrogens is 453 g/mol. The first-order chi connectivity index (χ1) is 15.7. The second kappa shape index (κ2) is 6.94. The third-order valence-electron chi connectivity index (χ3n) is 7.57. The molecule has 3 aliphatic carbocycles. The van der Waals surface area contributed by atoms with Gasteiger partial charge in [0, 0.05) is 11.8 Å². The fraction of sp³-hybridized carbons (Fsp3) is 0.286. The normalized spacial score (nSPS) is 25.2. The molecule has 0 spiro atoms. The Morgan fingerprint density at radius 2 is 1.27 bits per heavy atom. The van der Waals surface area contributed by atoms with Crippen LogP contribution in [0.15, 0.2) is 60.7 Å². The van der Waals surface area contributed by atoms with Crippen molar-refractivity contribution in [3.8, 4) is 0 Å². The molecule has 1 aliphatic heterocycles. The van der Waals surface area contributed by atoms with E-state index in [-0.39, 0.29) is 29.1 Å². The number of benzene rings is 3. The molecule has 3 aromatic rings. The predicted molar refractivity (Wildman–Crippen MR) is 131 cm³/mol. The van der Waals surface area contributed by atoms with Gasteiger partial charge >= 0.3 is 0 Å². The van der Waals surface area contributed by atoms with Crippen molar-refractivity contribution in [2.24, 2.45) is 11.8 Å². The van der Waals surface area contributed by atoms with Crippen LogP contribution in [0.25, 0.3) is 0 Å². The summed E-state index contributed by atoms with van der Waals surface area (Å²) in [6, 6.07) is 19.8. The van der Waals surface area contributed by atoms with Crippen molar-refractivity contribution in [2.45, 2.75) is 38.0 Å². The Hall–Kier alpha value is -2.62. The molecule has 2 amide bonds. The zero-order valence-corrected chi connectivity index (χ0v) is 20.1. The summed E-state index contributed by atoms with van der Waals surface area (Å²) >= 11 is 12.3. The van der Waals surface area contributed by atoms with E-state index in [1.54, 1.807) is 18.2 Å².